The first kappa shape index (κ1) is 15.7. The van der Waals surface area contributed by atoms with Crippen molar-refractivity contribution in [2.45, 2.75) is 65.2 Å². The molecule has 3 nitrogen and oxygen atoms in total. The van der Waals surface area contributed by atoms with E-state index in [1.807, 2.05) is 6.92 Å². The van der Waals surface area contributed by atoms with Crippen LogP contribution in [-0.2, 0) is 4.79 Å². The van der Waals surface area contributed by atoms with Gasteiger partial charge in [0.1, 0.15) is 0 Å². The lowest BCUT2D eigenvalue weighted by Crippen LogP contribution is -2.58. The zero-order chi connectivity index (χ0) is 16.5. The number of carbonyl (C=O) groups is 1. The molecule has 4 aliphatic carbocycles. The molecule has 4 rings (SSSR count). The van der Waals surface area contributed by atoms with E-state index in [-0.39, 0.29) is 17.4 Å². The zero-order valence-corrected chi connectivity index (χ0v) is 14.5. The van der Waals surface area contributed by atoms with Gasteiger partial charge in [-0.25, -0.2) is 0 Å². The quantitative estimate of drug-likeness (QED) is 0.756. The van der Waals surface area contributed by atoms with Crippen molar-refractivity contribution in [3.63, 3.8) is 0 Å². The minimum absolute atomic E-state index is 0.149. The van der Waals surface area contributed by atoms with E-state index in [2.05, 4.69) is 13.0 Å². The van der Waals surface area contributed by atoms with Crippen molar-refractivity contribution in [2.24, 2.45) is 34.0 Å². The summed E-state index contributed by atoms with van der Waals surface area (Å²) in [5, 5.41) is 19.6. The van der Waals surface area contributed by atoms with Crippen molar-refractivity contribution in [3.8, 4) is 0 Å². The van der Waals surface area contributed by atoms with Crippen molar-refractivity contribution < 1.29 is 15.0 Å². The second-order valence-corrected chi connectivity index (χ2v) is 9.31. The highest BCUT2D eigenvalue weighted by Crippen LogP contribution is 2.70. The van der Waals surface area contributed by atoms with Crippen LogP contribution in [0.2, 0.25) is 0 Å². The maximum Gasteiger partial charge on any atom is 0.309 e. The molecule has 4 aliphatic rings. The molecular weight excluding hydrogens is 288 g/mol. The molecule has 0 amide bonds. The van der Waals surface area contributed by atoms with Crippen LogP contribution in [0.25, 0.3) is 0 Å². The maximum atomic E-state index is 12.0. The summed E-state index contributed by atoms with van der Waals surface area (Å²) in [6.45, 7) is 4.62. The van der Waals surface area contributed by atoms with E-state index in [9.17, 15) is 15.0 Å². The Balaban J connectivity index is 1.75. The number of carboxylic acids is 1. The standard InChI is InChI=1S/C20H30O3/c1-18-7-3-8-19(2,17(22)23)15(18)6-9-20-10-13(4-5-16(18)20)14(11-20)12-21/h11,13,15-16,21H,3-10,12H2,1-2H3,(H,22,23)/t13-,15-,16-,18+,19-,20+/m0/s1. The third-order valence-electron chi connectivity index (χ3n) is 8.46. The zero-order valence-electron chi connectivity index (χ0n) is 14.5. The molecule has 2 N–H and O–H groups in total. The number of aliphatic carboxylic acids is 1. The lowest BCUT2D eigenvalue weighted by molar-refractivity contribution is -0.177. The smallest absolute Gasteiger partial charge is 0.309 e. The van der Waals surface area contributed by atoms with E-state index >= 15 is 0 Å². The first-order valence-electron chi connectivity index (χ1n) is 9.42. The van der Waals surface area contributed by atoms with Crippen molar-refractivity contribution in [1.82, 2.24) is 0 Å². The molecule has 0 saturated heterocycles. The molecule has 23 heavy (non-hydrogen) atoms. The summed E-state index contributed by atoms with van der Waals surface area (Å²) >= 11 is 0. The Morgan fingerprint density at radius 2 is 1.96 bits per heavy atom. The molecule has 2 bridgehead atoms. The number of hydrogen-bond donors (Lipinski definition) is 2. The average Bonchev–Trinajstić information content (AvgIpc) is 2.77. The summed E-state index contributed by atoms with van der Waals surface area (Å²) in [6.07, 6.45) is 11.3. The van der Waals surface area contributed by atoms with E-state index in [0.29, 0.717) is 17.8 Å². The number of fused-ring (bicyclic) bond motifs is 3. The highest BCUT2D eigenvalue weighted by atomic mass is 16.4. The second-order valence-electron chi connectivity index (χ2n) is 9.31. The molecule has 3 fully saturated rings. The highest BCUT2D eigenvalue weighted by molar-refractivity contribution is 5.75. The van der Waals surface area contributed by atoms with Crippen LogP contribution in [0.5, 0.6) is 0 Å². The summed E-state index contributed by atoms with van der Waals surface area (Å²) in [5.41, 5.74) is 1.12. The van der Waals surface area contributed by atoms with E-state index in [0.717, 1.165) is 25.7 Å². The molecule has 128 valence electrons. The van der Waals surface area contributed by atoms with Gasteiger partial charge in [0.15, 0.2) is 0 Å². The summed E-state index contributed by atoms with van der Waals surface area (Å²) in [7, 11) is 0. The number of allylic oxidation sites excluding steroid dienone is 1. The third kappa shape index (κ3) is 1.89. The van der Waals surface area contributed by atoms with Gasteiger partial charge >= 0.3 is 5.97 Å². The minimum atomic E-state index is -0.587. The second kappa shape index (κ2) is 4.84. The molecule has 3 heteroatoms. The van der Waals surface area contributed by atoms with Crippen LogP contribution in [0.4, 0.5) is 0 Å². The lowest BCUT2D eigenvalue weighted by Gasteiger charge is -2.63. The first-order chi connectivity index (χ1) is 10.9. The first-order valence-corrected chi connectivity index (χ1v) is 9.42. The molecule has 1 spiro atoms. The van der Waals surface area contributed by atoms with Crippen LogP contribution in [0.3, 0.4) is 0 Å². The van der Waals surface area contributed by atoms with E-state index in [1.165, 1.54) is 31.3 Å². The Bertz CT molecular complexity index is 567. The number of carboxylic acid groups (broad SMARTS) is 1. The number of aliphatic hydroxyl groups excluding tert-OH is 1. The summed E-state index contributed by atoms with van der Waals surface area (Å²) in [6, 6.07) is 0. The van der Waals surface area contributed by atoms with Crippen LogP contribution in [-0.4, -0.2) is 22.8 Å². The van der Waals surface area contributed by atoms with Gasteiger partial charge in [-0.2, -0.15) is 0 Å². The average molecular weight is 318 g/mol. The Morgan fingerprint density at radius 3 is 2.65 bits per heavy atom. The van der Waals surface area contributed by atoms with Gasteiger partial charge in [-0.3, -0.25) is 4.79 Å². The fraction of sp³-hybridized carbons (Fsp3) is 0.850. The van der Waals surface area contributed by atoms with Crippen molar-refractivity contribution in [3.05, 3.63) is 11.6 Å². The lowest BCUT2D eigenvalue weighted by atomic mass is 9.41. The predicted molar refractivity (Wildman–Crippen MR) is 88.9 cm³/mol. The fourth-order valence-electron chi connectivity index (χ4n) is 7.48. The summed E-state index contributed by atoms with van der Waals surface area (Å²) < 4.78 is 0. The Morgan fingerprint density at radius 1 is 1.17 bits per heavy atom. The third-order valence-corrected chi connectivity index (χ3v) is 8.46. The van der Waals surface area contributed by atoms with Gasteiger partial charge in [0, 0.05) is 0 Å². The van der Waals surface area contributed by atoms with Crippen LogP contribution in [0.1, 0.15) is 65.2 Å². The Labute approximate surface area is 139 Å². The maximum absolute atomic E-state index is 12.0. The van der Waals surface area contributed by atoms with E-state index in [1.54, 1.807) is 0 Å². The Kier molecular flexibility index (Phi) is 3.30. The topological polar surface area (TPSA) is 57.5 Å². The van der Waals surface area contributed by atoms with Gasteiger partial charge in [-0.15, -0.1) is 0 Å². The van der Waals surface area contributed by atoms with Crippen molar-refractivity contribution in [1.29, 1.82) is 0 Å². The fourth-order valence-corrected chi connectivity index (χ4v) is 7.48. The van der Waals surface area contributed by atoms with Crippen LogP contribution in [0.15, 0.2) is 11.6 Å². The van der Waals surface area contributed by atoms with Crippen molar-refractivity contribution >= 4 is 5.97 Å². The summed E-state index contributed by atoms with van der Waals surface area (Å²) in [5.74, 6) is 0.912. The predicted octanol–water partition coefficient (Wildman–Crippen LogP) is 4.01. The summed E-state index contributed by atoms with van der Waals surface area (Å²) in [4.78, 5) is 12.0. The molecule has 0 unspecified atom stereocenters. The van der Waals surface area contributed by atoms with Gasteiger partial charge in [-0.1, -0.05) is 19.4 Å². The molecule has 0 radical (unpaired) electrons. The molecule has 0 aliphatic heterocycles. The molecule has 0 aromatic rings. The van der Waals surface area contributed by atoms with Gasteiger partial charge in [0.05, 0.1) is 12.0 Å². The van der Waals surface area contributed by atoms with Gasteiger partial charge in [0.25, 0.3) is 0 Å². The molecular formula is C20H30O3. The van der Waals surface area contributed by atoms with Gasteiger partial charge < -0.3 is 10.2 Å². The normalized spacial score (nSPS) is 51.6. The molecule has 0 aromatic carbocycles. The largest absolute Gasteiger partial charge is 0.481 e. The molecule has 0 heterocycles. The van der Waals surface area contributed by atoms with E-state index in [4.69, 9.17) is 0 Å². The number of aliphatic hydroxyl groups is 1. The molecule has 3 saturated carbocycles. The van der Waals surface area contributed by atoms with Crippen LogP contribution in [0, 0.1) is 34.0 Å². The van der Waals surface area contributed by atoms with E-state index < -0.39 is 11.4 Å². The van der Waals surface area contributed by atoms with Gasteiger partial charge in [-0.05, 0) is 86.0 Å². The molecule has 6 atom stereocenters. The number of rotatable bonds is 2. The van der Waals surface area contributed by atoms with Gasteiger partial charge in [0.2, 0.25) is 0 Å². The highest BCUT2D eigenvalue weighted by Gasteiger charge is 2.64. The Hall–Kier alpha value is -0.830. The van der Waals surface area contributed by atoms with Crippen molar-refractivity contribution in [2.75, 3.05) is 6.61 Å². The minimum Gasteiger partial charge on any atom is -0.481 e. The monoisotopic (exact) mass is 318 g/mol. The SMILES string of the molecule is C[C@@]12CCC[C@](C)(C(=O)O)[C@H]1CC[C@@]13C=C(CO)[C@@H](CC[C@H]12)C3. The van der Waals surface area contributed by atoms with Crippen LogP contribution < -0.4 is 0 Å². The van der Waals surface area contributed by atoms with Crippen LogP contribution >= 0.6 is 0 Å². The molecule has 0 aromatic heterocycles. The number of hydrogen-bond acceptors (Lipinski definition) is 2.